The Morgan fingerprint density at radius 2 is 2.54 bits per heavy atom. The predicted molar refractivity (Wildman–Crippen MR) is 44.7 cm³/mol. The van der Waals surface area contributed by atoms with Gasteiger partial charge in [-0.2, -0.15) is 0 Å². The average Bonchev–Trinajstić information content (AvgIpc) is 2.62. The Balaban J connectivity index is 2.37. The molecule has 0 radical (unpaired) electrons. The fourth-order valence-electron chi connectivity index (χ4n) is 1.38. The fraction of sp³-hybridized carbons (Fsp3) is 0.857. The first kappa shape index (κ1) is 9.80. The standard InChI is InChI=1S/C7H11FN4O/c8-3-6-1-2-12(5-6)7(13)4-10-11-9/h6H,1-5H2/t6-/m1/s1. The third-order valence-electron chi connectivity index (χ3n) is 2.13. The summed E-state index contributed by atoms with van der Waals surface area (Å²) in [6.45, 7) is 0.492. The molecule has 1 aliphatic rings. The number of hydrogen-bond acceptors (Lipinski definition) is 2. The summed E-state index contributed by atoms with van der Waals surface area (Å²) in [6.07, 6.45) is 0.707. The highest BCUT2D eigenvalue weighted by Gasteiger charge is 2.25. The Kier molecular flexibility index (Phi) is 3.52. The van der Waals surface area contributed by atoms with E-state index in [0.29, 0.717) is 19.5 Å². The van der Waals surface area contributed by atoms with Crippen molar-refractivity contribution in [2.24, 2.45) is 11.0 Å². The molecule has 0 aromatic carbocycles. The predicted octanol–water partition coefficient (Wildman–Crippen LogP) is 1.11. The molecular formula is C7H11FN4O. The SMILES string of the molecule is [N-]=[N+]=NCC(=O)N1CC[C@H](CF)C1. The Bertz CT molecular complexity index is 239. The Hall–Kier alpha value is -1.29. The lowest BCUT2D eigenvalue weighted by Crippen LogP contribution is -2.30. The number of hydrogen-bond donors (Lipinski definition) is 0. The van der Waals surface area contributed by atoms with Gasteiger partial charge in [0.25, 0.3) is 0 Å². The van der Waals surface area contributed by atoms with E-state index >= 15 is 0 Å². The van der Waals surface area contributed by atoms with E-state index in [1.807, 2.05) is 0 Å². The molecule has 0 saturated carbocycles. The summed E-state index contributed by atoms with van der Waals surface area (Å²) >= 11 is 0. The van der Waals surface area contributed by atoms with Crippen LogP contribution < -0.4 is 0 Å². The molecule has 0 aromatic heterocycles. The van der Waals surface area contributed by atoms with Crippen molar-refractivity contribution in [3.8, 4) is 0 Å². The van der Waals surface area contributed by atoms with E-state index in [2.05, 4.69) is 10.0 Å². The zero-order valence-electron chi connectivity index (χ0n) is 7.19. The molecule has 1 rings (SSSR count). The maximum atomic E-state index is 12.2. The van der Waals surface area contributed by atoms with Gasteiger partial charge >= 0.3 is 0 Å². The van der Waals surface area contributed by atoms with Gasteiger partial charge in [-0.05, 0) is 12.0 Å². The van der Waals surface area contributed by atoms with Crippen LogP contribution in [-0.4, -0.2) is 37.1 Å². The number of carbonyl (C=O) groups is 1. The molecule has 0 spiro atoms. The van der Waals surface area contributed by atoms with Crippen molar-refractivity contribution in [1.29, 1.82) is 0 Å². The van der Waals surface area contributed by atoms with Gasteiger partial charge in [-0.3, -0.25) is 9.18 Å². The molecular weight excluding hydrogens is 175 g/mol. The average molecular weight is 186 g/mol. The van der Waals surface area contributed by atoms with Crippen LogP contribution in [-0.2, 0) is 4.79 Å². The van der Waals surface area contributed by atoms with Crippen molar-refractivity contribution in [3.05, 3.63) is 10.4 Å². The normalized spacial score (nSPS) is 21.3. The van der Waals surface area contributed by atoms with Crippen molar-refractivity contribution in [2.45, 2.75) is 6.42 Å². The molecule has 72 valence electrons. The number of amides is 1. The third kappa shape index (κ3) is 2.59. The van der Waals surface area contributed by atoms with Crippen LogP contribution >= 0.6 is 0 Å². The van der Waals surface area contributed by atoms with E-state index < -0.39 is 0 Å². The van der Waals surface area contributed by atoms with Crippen LogP contribution in [0.5, 0.6) is 0 Å². The number of likely N-dealkylation sites (tertiary alicyclic amines) is 1. The van der Waals surface area contributed by atoms with Gasteiger partial charge in [0, 0.05) is 23.9 Å². The summed E-state index contributed by atoms with van der Waals surface area (Å²) in [4.78, 5) is 15.2. The molecule has 0 bridgehead atoms. The monoisotopic (exact) mass is 186 g/mol. The second kappa shape index (κ2) is 4.67. The van der Waals surface area contributed by atoms with Crippen molar-refractivity contribution in [1.82, 2.24) is 4.90 Å². The first-order valence-electron chi connectivity index (χ1n) is 4.12. The van der Waals surface area contributed by atoms with Crippen LogP contribution in [0.15, 0.2) is 5.11 Å². The highest BCUT2D eigenvalue weighted by atomic mass is 19.1. The van der Waals surface area contributed by atoms with Crippen LogP contribution in [0.2, 0.25) is 0 Å². The molecule has 5 nitrogen and oxygen atoms in total. The van der Waals surface area contributed by atoms with Gasteiger partial charge < -0.3 is 4.90 Å². The highest BCUT2D eigenvalue weighted by molar-refractivity contribution is 5.78. The van der Waals surface area contributed by atoms with Gasteiger partial charge in [-0.25, -0.2) is 0 Å². The van der Waals surface area contributed by atoms with Crippen molar-refractivity contribution in [2.75, 3.05) is 26.3 Å². The molecule has 13 heavy (non-hydrogen) atoms. The first-order chi connectivity index (χ1) is 6.27. The third-order valence-corrected chi connectivity index (χ3v) is 2.13. The molecule has 1 saturated heterocycles. The van der Waals surface area contributed by atoms with Gasteiger partial charge in [-0.15, -0.1) is 0 Å². The molecule has 1 aliphatic heterocycles. The molecule has 0 unspecified atom stereocenters. The lowest BCUT2D eigenvalue weighted by atomic mass is 10.1. The molecule has 1 atom stereocenters. The molecule has 6 heteroatoms. The van der Waals surface area contributed by atoms with E-state index in [1.165, 1.54) is 0 Å². The van der Waals surface area contributed by atoms with E-state index in [-0.39, 0.29) is 25.0 Å². The molecule has 0 aromatic rings. The minimum atomic E-state index is -0.384. The maximum absolute atomic E-state index is 12.2. The summed E-state index contributed by atoms with van der Waals surface area (Å²) in [7, 11) is 0. The van der Waals surface area contributed by atoms with Crippen LogP contribution in [0, 0.1) is 5.92 Å². The van der Waals surface area contributed by atoms with Gasteiger partial charge in [0.05, 0.1) is 6.67 Å². The minimum absolute atomic E-state index is 0.0324. The van der Waals surface area contributed by atoms with Gasteiger partial charge in [0.15, 0.2) is 0 Å². The largest absolute Gasteiger partial charge is 0.342 e. The fourth-order valence-corrected chi connectivity index (χ4v) is 1.38. The van der Waals surface area contributed by atoms with Crippen LogP contribution in [0.1, 0.15) is 6.42 Å². The Labute approximate surface area is 75.1 Å². The number of alkyl halides is 1. The second-order valence-electron chi connectivity index (χ2n) is 3.04. The molecule has 1 fully saturated rings. The topological polar surface area (TPSA) is 69.1 Å². The summed E-state index contributed by atoms with van der Waals surface area (Å²) < 4.78 is 12.2. The second-order valence-corrected chi connectivity index (χ2v) is 3.04. The van der Waals surface area contributed by atoms with Crippen LogP contribution in [0.25, 0.3) is 10.4 Å². The maximum Gasteiger partial charge on any atom is 0.228 e. The molecule has 1 amide bonds. The summed E-state index contributed by atoms with van der Waals surface area (Å²) in [5, 5.41) is 3.16. The van der Waals surface area contributed by atoms with E-state index in [9.17, 15) is 9.18 Å². The zero-order chi connectivity index (χ0) is 9.68. The number of carbonyl (C=O) groups excluding carboxylic acids is 1. The van der Waals surface area contributed by atoms with E-state index in [0.717, 1.165) is 0 Å². The summed E-state index contributed by atoms with van der Waals surface area (Å²) in [5.41, 5.74) is 7.98. The Morgan fingerprint density at radius 3 is 3.08 bits per heavy atom. The van der Waals surface area contributed by atoms with E-state index in [1.54, 1.807) is 4.90 Å². The summed E-state index contributed by atoms with van der Waals surface area (Å²) in [6, 6.07) is 0. The van der Waals surface area contributed by atoms with Gasteiger partial charge in [-0.1, -0.05) is 5.11 Å². The van der Waals surface area contributed by atoms with Crippen molar-refractivity contribution in [3.63, 3.8) is 0 Å². The summed E-state index contributed by atoms with van der Waals surface area (Å²) in [5.74, 6) is -0.247. The molecule has 1 heterocycles. The lowest BCUT2D eigenvalue weighted by Gasteiger charge is -2.13. The number of nitrogens with zero attached hydrogens (tertiary/aromatic N) is 4. The van der Waals surface area contributed by atoms with Crippen LogP contribution in [0.3, 0.4) is 0 Å². The molecule has 0 N–H and O–H groups in total. The molecule has 0 aliphatic carbocycles. The van der Waals surface area contributed by atoms with Gasteiger partial charge in [0.2, 0.25) is 5.91 Å². The Morgan fingerprint density at radius 1 is 1.77 bits per heavy atom. The smallest absolute Gasteiger partial charge is 0.228 e. The highest BCUT2D eigenvalue weighted by Crippen LogP contribution is 2.16. The minimum Gasteiger partial charge on any atom is -0.342 e. The number of halogens is 1. The van der Waals surface area contributed by atoms with Crippen molar-refractivity contribution < 1.29 is 9.18 Å². The quantitative estimate of drug-likeness (QED) is 0.370. The van der Waals surface area contributed by atoms with Crippen molar-refractivity contribution >= 4 is 5.91 Å². The van der Waals surface area contributed by atoms with Crippen LogP contribution in [0.4, 0.5) is 4.39 Å². The zero-order valence-corrected chi connectivity index (χ0v) is 7.19. The number of rotatable bonds is 3. The van der Waals surface area contributed by atoms with Gasteiger partial charge in [0.1, 0.15) is 6.54 Å². The number of azide groups is 1. The lowest BCUT2D eigenvalue weighted by molar-refractivity contribution is -0.128. The van der Waals surface area contributed by atoms with E-state index in [4.69, 9.17) is 5.53 Å². The first-order valence-corrected chi connectivity index (χ1v) is 4.12.